The zero-order valence-electron chi connectivity index (χ0n) is 11.8. The molecule has 0 amide bonds. The number of hydrogen-bond acceptors (Lipinski definition) is 4. The van der Waals surface area contributed by atoms with Crippen LogP contribution in [0.1, 0.15) is 18.4 Å². The van der Waals surface area contributed by atoms with Crippen molar-refractivity contribution < 1.29 is 14.3 Å². The van der Waals surface area contributed by atoms with Crippen LogP contribution in [0.3, 0.4) is 0 Å². The minimum absolute atomic E-state index is 0.104. The van der Waals surface area contributed by atoms with E-state index in [0.717, 1.165) is 18.9 Å². The van der Waals surface area contributed by atoms with Crippen LogP contribution in [0.15, 0.2) is 24.3 Å². The lowest BCUT2D eigenvalue weighted by molar-refractivity contribution is -0.145. The maximum atomic E-state index is 11.4. The van der Waals surface area contributed by atoms with Crippen LogP contribution in [-0.4, -0.2) is 44.7 Å². The number of benzene rings is 1. The molecular weight excluding hydrogens is 242 g/mol. The Kier molecular flexibility index (Phi) is 4.43. The first-order valence-corrected chi connectivity index (χ1v) is 6.60. The van der Waals surface area contributed by atoms with E-state index in [2.05, 4.69) is 11.0 Å². The number of para-hydroxylation sites is 1. The summed E-state index contributed by atoms with van der Waals surface area (Å²) in [6.45, 7) is 4.20. The largest absolute Gasteiger partial charge is 0.493 e. The standard InChI is InChI=1S/C15H21NO3/c1-11(15(17)18-3)8-16(2)9-12-10-19-14-7-5-4-6-13(12)14/h4-7,11-12H,8-10H2,1-3H3. The number of carbonyl (C=O) groups excluding carboxylic acids is 1. The highest BCUT2D eigenvalue weighted by Crippen LogP contribution is 2.33. The number of methoxy groups -OCH3 is 1. The quantitative estimate of drug-likeness (QED) is 0.761. The van der Waals surface area contributed by atoms with Crippen molar-refractivity contribution in [3.8, 4) is 5.75 Å². The first kappa shape index (κ1) is 13.9. The minimum Gasteiger partial charge on any atom is -0.493 e. The maximum absolute atomic E-state index is 11.4. The average molecular weight is 263 g/mol. The summed E-state index contributed by atoms with van der Waals surface area (Å²) in [6, 6.07) is 8.15. The van der Waals surface area contributed by atoms with Gasteiger partial charge in [-0.15, -0.1) is 0 Å². The number of esters is 1. The predicted molar refractivity (Wildman–Crippen MR) is 73.4 cm³/mol. The van der Waals surface area contributed by atoms with Crippen molar-refractivity contribution >= 4 is 5.97 Å². The van der Waals surface area contributed by atoms with E-state index in [1.165, 1.54) is 12.7 Å². The molecule has 0 fully saturated rings. The monoisotopic (exact) mass is 263 g/mol. The SMILES string of the molecule is COC(=O)C(C)CN(C)CC1COc2ccccc21. The first-order valence-electron chi connectivity index (χ1n) is 6.60. The van der Waals surface area contributed by atoms with Crippen LogP contribution in [-0.2, 0) is 9.53 Å². The van der Waals surface area contributed by atoms with Crippen LogP contribution in [0.4, 0.5) is 0 Å². The summed E-state index contributed by atoms with van der Waals surface area (Å²) in [5, 5.41) is 0. The number of carbonyl (C=O) groups is 1. The molecule has 104 valence electrons. The van der Waals surface area contributed by atoms with Gasteiger partial charge in [0.2, 0.25) is 0 Å². The highest BCUT2D eigenvalue weighted by molar-refractivity contribution is 5.72. The van der Waals surface area contributed by atoms with Gasteiger partial charge in [0.1, 0.15) is 5.75 Å². The molecule has 2 atom stereocenters. The van der Waals surface area contributed by atoms with E-state index < -0.39 is 0 Å². The molecule has 0 aliphatic carbocycles. The second-order valence-electron chi connectivity index (χ2n) is 5.19. The Balaban J connectivity index is 1.90. The molecule has 1 heterocycles. The molecule has 1 aromatic carbocycles. The van der Waals surface area contributed by atoms with Gasteiger partial charge in [-0.3, -0.25) is 4.79 Å². The molecule has 1 aliphatic heterocycles. The second kappa shape index (κ2) is 6.06. The van der Waals surface area contributed by atoms with Crippen molar-refractivity contribution in [2.45, 2.75) is 12.8 Å². The molecule has 0 radical (unpaired) electrons. The van der Waals surface area contributed by atoms with Gasteiger partial charge in [-0.25, -0.2) is 0 Å². The van der Waals surface area contributed by atoms with Gasteiger partial charge in [0.25, 0.3) is 0 Å². The fourth-order valence-corrected chi connectivity index (χ4v) is 2.57. The van der Waals surface area contributed by atoms with E-state index in [1.54, 1.807) is 0 Å². The Bertz CT molecular complexity index is 447. The topological polar surface area (TPSA) is 38.8 Å². The van der Waals surface area contributed by atoms with E-state index in [4.69, 9.17) is 9.47 Å². The van der Waals surface area contributed by atoms with Crippen molar-refractivity contribution in [2.75, 3.05) is 33.9 Å². The van der Waals surface area contributed by atoms with Crippen molar-refractivity contribution in [1.29, 1.82) is 0 Å². The van der Waals surface area contributed by atoms with Gasteiger partial charge in [0.05, 0.1) is 19.6 Å². The summed E-state index contributed by atoms with van der Waals surface area (Å²) in [5.41, 5.74) is 1.26. The molecule has 4 nitrogen and oxygen atoms in total. The normalized spacial score (nSPS) is 18.8. The van der Waals surface area contributed by atoms with Crippen LogP contribution in [0, 0.1) is 5.92 Å². The van der Waals surface area contributed by atoms with E-state index >= 15 is 0 Å². The number of ether oxygens (including phenoxy) is 2. The Morgan fingerprint density at radius 3 is 3.00 bits per heavy atom. The highest BCUT2D eigenvalue weighted by Gasteiger charge is 2.25. The van der Waals surface area contributed by atoms with Crippen LogP contribution < -0.4 is 4.74 Å². The fraction of sp³-hybridized carbons (Fsp3) is 0.533. The van der Waals surface area contributed by atoms with Crippen LogP contribution in [0.25, 0.3) is 0 Å². The zero-order valence-corrected chi connectivity index (χ0v) is 11.8. The van der Waals surface area contributed by atoms with Gasteiger partial charge in [0, 0.05) is 24.6 Å². The first-order chi connectivity index (χ1) is 9.11. The third-order valence-corrected chi connectivity index (χ3v) is 3.52. The van der Waals surface area contributed by atoms with E-state index in [9.17, 15) is 4.79 Å². The van der Waals surface area contributed by atoms with Gasteiger partial charge in [-0.2, -0.15) is 0 Å². The maximum Gasteiger partial charge on any atom is 0.309 e. The summed E-state index contributed by atoms with van der Waals surface area (Å²) in [6.07, 6.45) is 0. The molecule has 0 aromatic heterocycles. The lowest BCUT2D eigenvalue weighted by Gasteiger charge is -2.22. The Hall–Kier alpha value is -1.55. The summed E-state index contributed by atoms with van der Waals surface area (Å²) >= 11 is 0. The van der Waals surface area contributed by atoms with Crippen molar-refractivity contribution in [1.82, 2.24) is 4.90 Å². The molecule has 1 aliphatic rings. The molecular formula is C15H21NO3. The molecule has 2 unspecified atom stereocenters. The summed E-state index contributed by atoms with van der Waals surface area (Å²) in [4.78, 5) is 13.6. The second-order valence-corrected chi connectivity index (χ2v) is 5.19. The third-order valence-electron chi connectivity index (χ3n) is 3.52. The Morgan fingerprint density at radius 1 is 1.53 bits per heavy atom. The van der Waals surface area contributed by atoms with E-state index in [-0.39, 0.29) is 11.9 Å². The minimum atomic E-state index is -0.157. The number of fused-ring (bicyclic) bond motifs is 1. The molecule has 1 aromatic rings. The molecule has 0 spiro atoms. The zero-order chi connectivity index (χ0) is 13.8. The fourth-order valence-electron chi connectivity index (χ4n) is 2.57. The highest BCUT2D eigenvalue weighted by atomic mass is 16.5. The Labute approximate surface area is 114 Å². The summed E-state index contributed by atoms with van der Waals surface area (Å²) < 4.78 is 10.4. The van der Waals surface area contributed by atoms with Gasteiger partial charge >= 0.3 is 5.97 Å². The van der Waals surface area contributed by atoms with Crippen molar-refractivity contribution in [3.05, 3.63) is 29.8 Å². The number of likely N-dealkylation sites (N-methyl/N-ethyl adjacent to an activating group) is 1. The van der Waals surface area contributed by atoms with E-state index in [0.29, 0.717) is 12.5 Å². The molecule has 19 heavy (non-hydrogen) atoms. The number of nitrogens with zero attached hydrogens (tertiary/aromatic N) is 1. The molecule has 0 saturated carbocycles. The van der Waals surface area contributed by atoms with Crippen LogP contribution in [0.2, 0.25) is 0 Å². The van der Waals surface area contributed by atoms with E-state index in [1.807, 2.05) is 32.2 Å². The molecule has 0 bridgehead atoms. The molecule has 4 heteroatoms. The molecule has 2 rings (SSSR count). The van der Waals surface area contributed by atoms with Crippen molar-refractivity contribution in [3.63, 3.8) is 0 Å². The smallest absolute Gasteiger partial charge is 0.309 e. The third kappa shape index (κ3) is 3.26. The van der Waals surface area contributed by atoms with Crippen LogP contribution in [0.5, 0.6) is 5.75 Å². The van der Waals surface area contributed by atoms with Crippen molar-refractivity contribution in [2.24, 2.45) is 5.92 Å². The summed E-state index contributed by atoms with van der Waals surface area (Å²) in [5.74, 6) is 1.11. The lowest BCUT2D eigenvalue weighted by atomic mass is 10.0. The molecule has 0 saturated heterocycles. The average Bonchev–Trinajstić information content (AvgIpc) is 2.81. The van der Waals surface area contributed by atoms with Gasteiger partial charge in [0.15, 0.2) is 0 Å². The van der Waals surface area contributed by atoms with Crippen LogP contribution >= 0.6 is 0 Å². The Morgan fingerprint density at radius 2 is 2.26 bits per heavy atom. The number of hydrogen-bond donors (Lipinski definition) is 0. The number of rotatable bonds is 5. The predicted octanol–water partition coefficient (Wildman–Crippen LogP) is 1.90. The summed E-state index contributed by atoms with van der Waals surface area (Å²) in [7, 11) is 3.46. The van der Waals surface area contributed by atoms with Gasteiger partial charge in [-0.05, 0) is 13.1 Å². The lowest BCUT2D eigenvalue weighted by Crippen LogP contribution is -2.32. The van der Waals surface area contributed by atoms with Gasteiger partial charge < -0.3 is 14.4 Å². The molecule has 0 N–H and O–H groups in total. The van der Waals surface area contributed by atoms with Gasteiger partial charge in [-0.1, -0.05) is 25.1 Å².